The largest absolute Gasteiger partial charge is 0.339 e. The number of H-pyrrole nitrogens is 1. The van der Waals surface area contributed by atoms with Crippen molar-refractivity contribution >= 4 is 38.7 Å². The van der Waals surface area contributed by atoms with Crippen LogP contribution in [-0.4, -0.2) is 42.7 Å². The summed E-state index contributed by atoms with van der Waals surface area (Å²) >= 11 is 3.52. The second kappa shape index (κ2) is 14.4. The Kier molecular flexibility index (Phi) is 10.6. The molecule has 2 aromatic heterocycles. The van der Waals surface area contributed by atoms with Crippen molar-refractivity contribution in [2.24, 2.45) is 5.92 Å². The van der Waals surface area contributed by atoms with E-state index < -0.39 is 6.17 Å². The van der Waals surface area contributed by atoms with Crippen LogP contribution in [0, 0.1) is 5.92 Å². The first kappa shape index (κ1) is 33.8. The van der Waals surface area contributed by atoms with E-state index in [0.717, 1.165) is 46.5 Å². The van der Waals surface area contributed by atoms with Gasteiger partial charge in [0.2, 0.25) is 0 Å². The smallest absolute Gasteiger partial charge is 0.256 e. The monoisotopic (exact) mass is 689 g/mol. The zero-order valence-corrected chi connectivity index (χ0v) is 29.2. The zero-order chi connectivity index (χ0) is 33.1. The van der Waals surface area contributed by atoms with Crippen LogP contribution in [0.15, 0.2) is 53.5 Å². The van der Waals surface area contributed by atoms with Gasteiger partial charge >= 0.3 is 0 Å². The third-order valence-corrected chi connectivity index (χ3v) is 9.85. The van der Waals surface area contributed by atoms with Gasteiger partial charge in [0, 0.05) is 29.0 Å². The molecular weight excluding hydrogens is 645 g/mol. The molecule has 1 fully saturated rings. The lowest BCUT2D eigenvalue weighted by Crippen LogP contribution is -2.42. The highest BCUT2D eigenvalue weighted by atomic mass is 79.9. The molecule has 0 spiro atoms. The van der Waals surface area contributed by atoms with E-state index in [2.05, 4.69) is 75.2 Å². The Bertz CT molecular complexity index is 1720. The Morgan fingerprint density at radius 3 is 2.35 bits per heavy atom. The van der Waals surface area contributed by atoms with Crippen molar-refractivity contribution in [3.8, 4) is 11.4 Å². The van der Waals surface area contributed by atoms with Gasteiger partial charge in [0.1, 0.15) is 17.2 Å². The van der Waals surface area contributed by atoms with Crippen LogP contribution < -0.4 is 0 Å². The average Bonchev–Trinajstić information content (AvgIpc) is 3.64. The van der Waals surface area contributed by atoms with E-state index in [1.54, 1.807) is 6.07 Å². The molecule has 1 aliphatic heterocycles. The predicted molar refractivity (Wildman–Crippen MR) is 186 cm³/mol. The van der Waals surface area contributed by atoms with Crippen molar-refractivity contribution in [2.45, 2.75) is 97.8 Å². The molecule has 46 heavy (non-hydrogen) atoms. The predicted octanol–water partition coefficient (Wildman–Crippen LogP) is 9.44. The van der Waals surface area contributed by atoms with E-state index >= 15 is 0 Å². The third kappa shape index (κ3) is 6.61. The van der Waals surface area contributed by atoms with Gasteiger partial charge in [0.05, 0.1) is 28.5 Å². The fraction of sp³-hybridized carbons (Fsp3) is 0.459. The summed E-state index contributed by atoms with van der Waals surface area (Å²) in [6.45, 7) is 14.0. The molecule has 1 N–H and O–H groups in total. The number of hydrogen-bond donors (Lipinski definition) is 1. The first-order valence-corrected chi connectivity index (χ1v) is 17.4. The molecule has 4 aromatic rings. The molecule has 0 bridgehead atoms. The number of allylic oxidation sites excluding steroid dienone is 1. The number of nitrogens with one attached hydrogen (secondary N) is 1. The number of fused-ring (bicyclic) bond motifs is 2. The maximum atomic E-state index is 14.1. The lowest BCUT2D eigenvalue weighted by Gasteiger charge is -2.37. The summed E-state index contributed by atoms with van der Waals surface area (Å²) in [7, 11) is 0. The van der Waals surface area contributed by atoms with Crippen molar-refractivity contribution in [3.63, 3.8) is 0 Å². The van der Waals surface area contributed by atoms with Crippen molar-refractivity contribution in [2.75, 3.05) is 6.54 Å². The van der Waals surface area contributed by atoms with E-state index in [1.165, 1.54) is 37.8 Å². The number of nitrogens with zero attached hydrogens (tertiary/aromatic N) is 4. The quantitative estimate of drug-likeness (QED) is 0.178. The molecule has 9 heteroatoms. The average molecular weight is 691 g/mol. The van der Waals surface area contributed by atoms with Crippen LogP contribution >= 0.6 is 15.9 Å². The number of hydrogen-bond acceptors (Lipinski definition) is 4. The highest BCUT2D eigenvalue weighted by Crippen LogP contribution is 2.40. The van der Waals surface area contributed by atoms with Gasteiger partial charge in [-0.3, -0.25) is 9.59 Å². The van der Waals surface area contributed by atoms with Crippen LogP contribution in [-0.2, 0) is 17.8 Å². The number of halogens is 2. The summed E-state index contributed by atoms with van der Waals surface area (Å²) in [4.78, 5) is 39.1. The Hall–Kier alpha value is -3.59. The van der Waals surface area contributed by atoms with Crippen molar-refractivity contribution < 1.29 is 14.0 Å². The van der Waals surface area contributed by atoms with Crippen LogP contribution in [0.3, 0.4) is 0 Å². The lowest BCUT2D eigenvalue weighted by molar-refractivity contribution is -0.117. The first-order valence-electron chi connectivity index (χ1n) is 16.6. The van der Waals surface area contributed by atoms with Crippen LogP contribution in [0.25, 0.3) is 22.4 Å². The van der Waals surface area contributed by atoms with Gasteiger partial charge in [0.15, 0.2) is 12.0 Å². The Balaban J connectivity index is 0.000000537. The van der Waals surface area contributed by atoms with Gasteiger partial charge in [-0.05, 0) is 78.2 Å². The van der Waals surface area contributed by atoms with E-state index in [4.69, 9.17) is 4.98 Å². The summed E-state index contributed by atoms with van der Waals surface area (Å²) in [5, 5.41) is 0. The number of ketones is 1. The second-order valence-electron chi connectivity index (χ2n) is 12.7. The number of amides is 1. The summed E-state index contributed by atoms with van der Waals surface area (Å²) in [6, 6.07) is 12.5. The number of imidazole rings is 2. The van der Waals surface area contributed by atoms with Crippen molar-refractivity contribution in [1.29, 1.82) is 0 Å². The van der Waals surface area contributed by atoms with Crippen molar-refractivity contribution in [1.82, 2.24) is 24.4 Å². The van der Waals surface area contributed by atoms with Crippen molar-refractivity contribution in [3.05, 3.63) is 81.9 Å². The SMILES string of the molecule is C=CC(=O)C(C)C.CCCc1nc(-c2ccc(C3CCC3)cc2)n2c1C(CC)N(C(=O)c1ccc(Br)c3nc(C(C)F)[nH]c13)CC2. The number of aromatic nitrogens is 4. The standard InChI is InChI=1S/C31H35BrFN5O.C6H10O/c1-4-7-24-28-25(5-2)37(31(39)22-14-15-23(32)27-26(22)35-29(36-27)18(3)33)16-17-38(28)30(34-24)21-12-10-20(11-13-21)19-8-6-9-19;1-4-6(7)5(2)3/h10-15,18-19,25H,4-9,16-17H2,1-3H3,(H,35,36);4-5H,1H2,2-3H3. The molecule has 2 atom stereocenters. The van der Waals surface area contributed by atoms with Crippen LogP contribution in [0.4, 0.5) is 4.39 Å². The Labute approximate surface area is 279 Å². The number of benzene rings is 2. The van der Waals surface area contributed by atoms with Crippen LogP contribution in [0.2, 0.25) is 0 Å². The summed E-state index contributed by atoms with van der Waals surface area (Å²) < 4.78 is 17.2. The summed E-state index contributed by atoms with van der Waals surface area (Å²) in [5.74, 6) is 2.09. The molecule has 3 heterocycles. The number of carbonyl (C=O) groups excluding carboxylic acids is 2. The molecule has 244 valence electrons. The molecule has 2 aromatic carbocycles. The van der Waals surface area contributed by atoms with Gasteiger partial charge in [-0.1, -0.05) is 71.4 Å². The number of aryl methyl sites for hydroxylation is 1. The van der Waals surface area contributed by atoms with Gasteiger partial charge in [0.25, 0.3) is 5.91 Å². The number of carbonyl (C=O) groups is 2. The fourth-order valence-electron chi connectivity index (χ4n) is 6.40. The Morgan fingerprint density at radius 2 is 1.80 bits per heavy atom. The van der Waals surface area contributed by atoms with Crippen LogP contribution in [0.5, 0.6) is 0 Å². The molecule has 7 nitrogen and oxygen atoms in total. The molecule has 0 saturated heterocycles. The molecular formula is C37H45BrFN5O2. The van der Waals surface area contributed by atoms with Crippen LogP contribution in [0.1, 0.15) is 118 Å². The van der Waals surface area contributed by atoms with E-state index in [0.29, 0.717) is 35.6 Å². The normalized spacial score (nSPS) is 16.9. The molecule has 2 unspecified atom stereocenters. The third-order valence-electron chi connectivity index (χ3n) is 9.21. The number of aromatic amines is 1. The van der Waals surface area contributed by atoms with E-state index in [-0.39, 0.29) is 29.5 Å². The second-order valence-corrected chi connectivity index (χ2v) is 13.5. The van der Waals surface area contributed by atoms with Gasteiger partial charge in [-0.2, -0.15) is 0 Å². The van der Waals surface area contributed by atoms with E-state index in [1.807, 2.05) is 24.8 Å². The summed E-state index contributed by atoms with van der Waals surface area (Å²) in [5.41, 5.74) is 6.46. The molecule has 6 rings (SSSR count). The van der Waals surface area contributed by atoms with Gasteiger partial charge < -0.3 is 14.5 Å². The minimum atomic E-state index is -1.25. The van der Waals surface area contributed by atoms with Gasteiger partial charge in [-0.25, -0.2) is 14.4 Å². The molecule has 2 aliphatic rings. The lowest BCUT2D eigenvalue weighted by atomic mass is 9.80. The van der Waals surface area contributed by atoms with Gasteiger partial charge in [-0.15, -0.1) is 0 Å². The number of rotatable bonds is 9. The minimum absolute atomic E-state index is 0.0673. The first-order chi connectivity index (χ1) is 22.1. The highest BCUT2D eigenvalue weighted by molar-refractivity contribution is 9.10. The molecule has 1 aliphatic carbocycles. The number of alkyl halides is 1. The van der Waals surface area contributed by atoms with E-state index in [9.17, 15) is 14.0 Å². The molecule has 1 saturated carbocycles. The minimum Gasteiger partial charge on any atom is -0.339 e. The molecule has 1 amide bonds. The maximum absolute atomic E-state index is 14.1. The summed E-state index contributed by atoms with van der Waals surface area (Å²) in [6.07, 6.45) is 6.65. The highest BCUT2D eigenvalue weighted by Gasteiger charge is 2.36. The fourth-order valence-corrected chi connectivity index (χ4v) is 6.82. The maximum Gasteiger partial charge on any atom is 0.256 e. The zero-order valence-electron chi connectivity index (χ0n) is 27.6. The Morgan fingerprint density at radius 1 is 1.09 bits per heavy atom. The molecule has 0 radical (unpaired) electrons. The topological polar surface area (TPSA) is 83.9 Å².